The summed E-state index contributed by atoms with van der Waals surface area (Å²) < 4.78 is 0. The zero-order chi connectivity index (χ0) is 35.8. The van der Waals surface area contributed by atoms with E-state index in [1.165, 1.54) is 35.3 Å². The van der Waals surface area contributed by atoms with Crippen LogP contribution in [0.1, 0.15) is 38.8 Å². The summed E-state index contributed by atoms with van der Waals surface area (Å²) in [6.07, 6.45) is 1.36. The summed E-state index contributed by atoms with van der Waals surface area (Å²) in [6, 6.07) is 19.2. The normalized spacial score (nSPS) is 10.9. The van der Waals surface area contributed by atoms with Gasteiger partial charge in [0.15, 0.2) is 0 Å². The fraction of sp³-hybridized carbons (Fsp3) is 0.150. The number of aryl methyl sites for hydroxylation is 2. The van der Waals surface area contributed by atoms with E-state index in [-0.39, 0.29) is 21.7 Å². The Bertz CT molecular complexity index is 1840. The Kier molecular flexibility index (Phi) is 13.7. The van der Waals surface area contributed by atoms with Crippen LogP contribution in [-0.2, 0) is 22.4 Å². The van der Waals surface area contributed by atoms with Gasteiger partial charge in [0, 0.05) is 41.8 Å². The first kappa shape index (κ1) is 38.3. The van der Waals surface area contributed by atoms with Crippen molar-refractivity contribution in [3.63, 3.8) is 0 Å². The summed E-state index contributed by atoms with van der Waals surface area (Å²) in [5.74, 6) is 0.127. The van der Waals surface area contributed by atoms with Gasteiger partial charge >= 0.3 is 0 Å². The number of benzene rings is 4. The van der Waals surface area contributed by atoms with Crippen molar-refractivity contribution in [1.82, 2.24) is 0 Å². The van der Waals surface area contributed by atoms with Crippen LogP contribution in [-0.4, -0.2) is 20.4 Å². The topological polar surface area (TPSA) is 74.6 Å². The Morgan fingerprint density at radius 1 is 0.633 bits per heavy atom. The van der Waals surface area contributed by atoms with Gasteiger partial charge in [-0.1, -0.05) is 112 Å². The van der Waals surface area contributed by atoms with E-state index in [2.05, 4.69) is 26.3 Å². The second kappa shape index (κ2) is 17.5. The zero-order valence-electron chi connectivity index (χ0n) is 27.9. The average Bonchev–Trinajstić information content (AvgIpc) is 3.08. The van der Waals surface area contributed by atoms with Crippen molar-refractivity contribution in [3.8, 4) is 33.8 Å². The number of phenols is 2. The SMILES string of the molecule is C=CSc1ccc(Sc2ccc(SC=C)c(O)c2-c2cccc(CC)c2SC(=O)C(=C)C)c(-c2cccc(CC)c2SC(=O)C(=C)C)c1O. The maximum atomic E-state index is 13.0. The van der Waals surface area contributed by atoms with Gasteiger partial charge in [-0.05, 0) is 108 Å². The number of rotatable bonds is 14. The number of phenolic OH excluding ortho intramolecular Hbond substituents is 2. The van der Waals surface area contributed by atoms with E-state index in [0.717, 1.165) is 44.4 Å². The number of thioether (sulfide) groups is 4. The molecule has 4 aromatic rings. The predicted molar refractivity (Wildman–Crippen MR) is 213 cm³/mol. The van der Waals surface area contributed by atoms with E-state index in [4.69, 9.17) is 0 Å². The Morgan fingerprint density at radius 2 is 1.00 bits per heavy atom. The Hall–Kier alpha value is -3.47. The molecule has 2 N–H and O–H groups in total. The maximum Gasteiger partial charge on any atom is 0.219 e. The third-order valence-corrected chi connectivity index (χ3v) is 12.5. The molecule has 0 spiro atoms. The van der Waals surface area contributed by atoms with Crippen molar-refractivity contribution in [1.29, 1.82) is 0 Å². The van der Waals surface area contributed by atoms with Gasteiger partial charge in [-0.3, -0.25) is 9.59 Å². The van der Waals surface area contributed by atoms with Gasteiger partial charge < -0.3 is 10.2 Å². The highest BCUT2D eigenvalue weighted by Crippen LogP contribution is 2.53. The van der Waals surface area contributed by atoms with Crippen molar-refractivity contribution in [2.45, 2.75) is 69.9 Å². The van der Waals surface area contributed by atoms with Crippen LogP contribution in [0.2, 0.25) is 0 Å². The van der Waals surface area contributed by atoms with E-state index < -0.39 is 0 Å². The monoisotopic (exact) mass is 742 g/mol. The van der Waals surface area contributed by atoms with Crippen LogP contribution in [0.3, 0.4) is 0 Å². The molecule has 0 radical (unpaired) electrons. The Morgan fingerprint density at radius 3 is 1.33 bits per heavy atom. The molecule has 0 heterocycles. The summed E-state index contributed by atoms with van der Waals surface area (Å²) in [5, 5.41) is 26.8. The highest BCUT2D eigenvalue weighted by molar-refractivity contribution is 8.14. The van der Waals surface area contributed by atoms with E-state index in [1.54, 1.807) is 24.7 Å². The lowest BCUT2D eigenvalue weighted by molar-refractivity contribution is -0.108. The molecule has 252 valence electrons. The summed E-state index contributed by atoms with van der Waals surface area (Å²) in [7, 11) is 0. The number of carbonyl (C=O) groups is 2. The summed E-state index contributed by atoms with van der Waals surface area (Å²) in [6.45, 7) is 22.8. The molecule has 9 heteroatoms. The third kappa shape index (κ3) is 8.64. The van der Waals surface area contributed by atoms with E-state index in [0.29, 0.717) is 65.8 Å². The molecule has 0 aliphatic carbocycles. The second-order valence-corrected chi connectivity index (χ2v) is 15.9. The van der Waals surface area contributed by atoms with Gasteiger partial charge in [0.1, 0.15) is 11.5 Å². The Labute approximate surface area is 310 Å². The minimum Gasteiger partial charge on any atom is -0.506 e. The number of carbonyl (C=O) groups excluding carboxylic acids is 2. The zero-order valence-corrected chi connectivity index (χ0v) is 32.0. The molecular formula is C40H38O4S5. The van der Waals surface area contributed by atoms with Crippen molar-refractivity contribution in [2.75, 3.05) is 0 Å². The lowest BCUT2D eigenvalue weighted by Crippen LogP contribution is -1.99. The molecule has 4 nitrogen and oxygen atoms in total. The highest BCUT2D eigenvalue weighted by atomic mass is 32.2. The molecule has 0 fully saturated rings. The van der Waals surface area contributed by atoms with Gasteiger partial charge in [0.25, 0.3) is 0 Å². The number of hydrogen-bond donors (Lipinski definition) is 2. The number of aromatic hydroxyl groups is 2. The van der Waals surface area contributed by atoms with Gasteiger partial charge in [0.2, 0.25) is 10.2 Å². The predicted octanol–water partition coefficient (Wildman–Crippen LogP) is 12.6. The van der Waals surface area contributed by atoms with Crippen LogP contribution >= 0.6 is 58.8 Å². The van der Waals surface area contributed by atoms with Crippen molar-refractivity contribution in [2.24, 2.45) is 0 Å². The largest absolute Gasteiger partial charge is 0.506 e. The molecule has 0 aliphatic heterocycles. The molecule has 0 saturated heterocycles. The molecule has 0 aromatic heterocycles. The minimum atomic E-state index is -0.153. The van der Waals surface area contributed by atoms with Crippen LogP contribution in [0.15, 0.2) is 138 Å². The first-order valence-electron chi connectivity index (χ1n) is 15.4. The summed E-state index contributed by atoms with van der Waals surface area (Å²) >= 11 is 6.23. The smallest absolute Gasteiger partial charge is 0.219 e. The van der Waals surface area contributed by atoms with Crippen LogP contribution < -0.4 is 0 Å². The quantitative estimate of drug-likeness (QED) is 0.0970. The van der Waals surface area contributed by atoms with Crippen LogP contribution in [0.25, 0.3) is 22.3 Å². The summed E-state index contributed by atoms with van der Waals surface area (Å²) in [4.78, 5) is 30.2. The number of hydrogen-bond acceptors (Lipinski definition) is 9. The average molecular weight is 743 g/mol. The van der Waals surface area contributed by atoms with Crippen molar-refractivity contribution >= 4 is 69.0 Å². The molecule has 49 heavy (non-hydrogen) atoms. The molecule has 0 unspecified atom stereocenters. The lowest BCUT2D eigenvalue weighted by Gasteiger charge is -2.21. The highest BCUT2D eigenvalue weighted by Gasteiger charge is 2.26. The molecule has 4 rings (SSSR count). The lowest BCUT2D eigenvalue weighted by atomic mass is 10.0. The van der Waals surface area contributed by atoms with Crippen LogP contribution in [0.4, 0.5) is 0 Å². The van der Waals surface area contributed by atoms with Gasteiger partial charge in [-0.25, -0.2) is 0 Å². The van der Waals surface area contributed by atoms with Crippen LogP contribution in [0.5, 0.6) is 11.5 Å². The maximum absolute atomic E-state index is 13.0. The van der Waals surface area contributed by atoms with E-state index >= 15 is 0 Å². The fourth-order valence-electron chi connectivity index (χ4n) is 5.01. The van der Waals surface area contributed by atoms with Gasteiger partial charge in [-0.15, -0.1) is 0 Å². The van der Waals surface area contributed by atoms with Crippen molar-refractivity contribution in [3.05, 3.63) is 120 Å². The summed E-state index contributed by atoms with van der Waals surface area (Å²) in [5.41, 5.74) is 5.36. The van der Waals surface area contributed by atoms with E-state index in [9.17, 15) is 19.8 Å². The van der Waals surface area contributed by atoms with Gasteiger partial charge in [0.05, 0.1) is 9.79 Å². The first-order chi connectivity index (χ1) is 23.5. The standard InChI is InChI=1S/C40H38O4S5/c1-9-25-15-13-17-27(37(25)48-39(43)23(5)6)33-29(19-21-31(35(33)41)45-11-3)47-30-20-22-32(46-12-4)36(42)34(30)28-18-14-16-26(10-2)38(28)49-40(44)24(7)8/h11-22,41-42H,3-5,7,9-10H2,1-2,6,8H3. The van der Waals surface area contributed by atoms with E-state index in [1.807, 2.05) is 74.5 Å². The molecular weight excluding hydrogens is 705 g/mol. The van der Waals surface area contributed by atoms with Crippen molar-refractivity contribution < 1.29 is 19.8 Å². The molecule has 0 atom stereocenters. The molecule has 0 aliphatic rings. The third-order valence-electron chi connectivity index (χ3n) is 7.43. The Balaban J connectivity index is 2.05. The van der Waals surface area contributed by atoms with Gasteiger partial charge in [-0.2, -0.15) is 0 Å². The molecule has 0 saturated carbocycles. The molecule has 0 amide bonds. The molecule has 4 aromatic carbocycles. The minimum absolute atomic E-state index is 0.0636. The first-order valence-corrected chi connectivity index (χ1v) is 19.6. The fourth-order valence-corrected chi connectivity index (χ4v) is 9.18. The van der Waals surface area contributed by atoms with Crippen LogP contribution in [0, 0.1) is 0 Å². The second-order valence-electron chi connectivity index (χ2n) is 10.9. The molecule has 0 bridgehead atoms.